The van der Waals surface area contributed by atoms with Gasteiger partial charge in [-0.15, -0.1) is 0 Å². The van der Waals surface area contributed by atoms with Crippen molar-refractivity contribution in [2.24, 2.45) is 0 Å². The van der Waals surface area contributed by atoms with Crippen LogP contribution < -0.4 is 20.5 Å². The number of carbonyl (C=O) groups is 1. The van der Waals surface area contributed by atoms with Crippen LogP contribution in [0.5, 0.6) is 5.75 Å². The Morgan fingerprint density at radius 3 is 2.57 bits per heavy atom. The highest BCUT2D eigenvalue weighted by Crippen LogP contribution is 2.28. The van der Waals surface area contributed by atoms with Crippen molar-refractivity contribution >= 4 is 33.8 Å². The van der Waals surface area contributed by atoms with Gasteiger partial charge in [0.2, 0.25) is 4.96 Å². The summed E-state index contributed by atoms with van der Waals surface area (Å²) < 4.78 is 6.72. The molecule has 1 N–H and O–H groups in total. The lowest BCUT2D eigenvalue weighted by atomic mass is 10.1. The quantitative estimate of drug-likeness (QED) is 0.468. The molecule has 2 aromatic heterocycles. The van der Waals surface area contributed by atoms with Gasteiger partial charge in [0.1, 0.15) is 16.6 Å². The number of nitrogens with one attached hydrogen (secondary N) is 1. The van der Waals surface area contributed by atoms with Crippen LogP contribution in [0, 0.1) is 13.8 Å². The van der Waals surface area contributed by atoms with Crippen molar-refractivity contribution in [1.82, 2.24) is 19.5 Å². The minimum atomic E-state index is -0.215. The van der Waals surface area contributed by atoms with Crippen molar-refractivity contribution in [1.29, 1.82) is 0 Å². The maximum absolute atomic E-state index is 12.8. The number of fused-ring (bicyclic) bond motifs is 1. The number of aromatic nitrogens is 3. The van der Waals surface area contributed by atoms with E-state index in [1.54, 1.807) is 12.0 Å². The first-order valence-corrected chi connectivity index (χ1v) is 12.2. The summed E-state index contributed by atoms with van der Waals surface area (Å²) in [5.74, 6) is 1.23. The number of methoxy groups -OCH3 is 1. The van der Waals surface area contributed by atoms with Gasteiger partial charge in [-0.25, -0.2) is 9.78 Å². The average molecular weight is 491 g/mol. The molecule has 9 nitrogen and oxygen atoms in total. The molecule has 3 heterocycles. The van der Waals surface area contributed by atoms with E-state index in [2.05, 4.69) is 10.4 Å². The minimum absolute atomic E-state index is 0.178. The van der Waals surface area contributed by atoms with Crippen LogP contribution in [0.2, 0.25) is 0 Å². The van der Waals surface area contributed by atoms with E-state index in [-0.39, 0.29) is 11.6 Å². The van der Waals surface area contributed by atoms with E-state index in [1.807, 2.05) is 61.2 Å². The molecule has 4 aromatic rings. The third kappa shape index (κ3) is 4.57. The van der Waals surface area contributed by atoms with Crippen LogP contribution >= 0.6 is 11.3 Å². The molecule has 1 aliphatic rings. The molecule has 0 aliphatic carbocycles. The van der Waals surface area contributed by atoms with Crippen molar-refractivity contribution in [2.75, 3.05) is 43.5 Å². The molecular formula is C25H26N6O3S. The van der Waals surface area contributed by atoms with Crippen molar-refractivity contribution < 1.29 is 9.53 Å². The van der Waals surface area contributed by atoms with Crippen molar-refractivity contribution in [3.05, 3.63) is 70.0 Å². The van der Waals surface area contributed by atoms with Crippen LogP contribution in [0.15, 0.2) is 53.3 Å². The number of piperazine rings is 1. The number of nitrogens with zero attached hydrogens (tertiary/aromatic N) is 5. The Bertz CT molecular complexity index is 1460. The zero-order valence-corrected chi connectivity index (χ0v) is 20.6. The summed E-state index contributed by atoms with van der Waals surface area (Å²) in [5.41, 5.74) is 3.56. The Balaban J connectivity index is 1.30. The van der Waals surface area contributed by atoms with E-state index >= 15 is 0 Å². The first-order chi connectivity index (χ1) is 16.9. The first kappa shape index (κ1) is 22.9. The monoisotopic (exact) mass is 490 g/mol. The number of rotatable bonds is 4. The fourth-order valence-electron chi connectivity index (χ4n) is 4.14. The van der Waals surface area contributed by atoms with E-state index in [9.17, 15) is 9.59 Å². The largest absolute Gasteiger partial charge is 0.495 e. The molecule has 0 spiro atoms. The number of urea groups is 1. The summed E-state index contributed by atoms with van der Waals surface area (Å²) in [6, 6.07) is 15.0. The van der Waals surface area contributed by atoms with E-state index in [0.29, 0.717) is 48.4 Å². The van der Waals surface area contributed by atoms with Gasteiger partial charge in [-0.1, -0.05) is 41.7 Å². The van der Waals surface area contributed by atoms with Gasteiger partial charge in [0.25, 0.3) is 5.56 Å². The Morgan fingerprint density at radius 2 is 1.83 bits per heavy atom. The lowest BCUT2D eigenvalue weighted by Gasteiger charge is -2.35. The fourth-order valence-corrected chi connectivity index (χ4v) is 5.13. The predicted octanol–water partition coefficient (Wildman–Crippen LogP) is 3.80. The maximum atomic E-state index is 12.8. The lowest BCUT2D eigenvalue weighted by Crippen LogP contribution is -2.50. The van der Waals surface area contributed by atoms with Gasteiger partial charge >= 0.3 is 6.03 Å². The average Bonchev–Trinajstić information content (AvgIpc) is 3.29. The number of carbonyl (C=O) groups excluding carboxylic acids is 1. The van der Waals surface area contributed by atoms with Crippen LogP contribution in [-0.4, -0.2) is 58.8 Å². The van der Waals surface area contributed by atoms with Crippen LogP contribution in [0.4, 0.5) is 16.3 Å². The van der Waals surface area contributed by atoms with Gasteiger partial charge in [-0.3, -0.25) is 4.79 Å². The Labute approximate surface area is 206 Å². The molecular weight excluding hydrogens is 464 g/mol. The number of ether oxygens (including phenoxy) is 1. The highest BCUT2D eigenvalue weighted by atomic mass is 32.1. The molecule has 0 radical (unpaired) electrons. The summed E-state index contributed by atoms with van der Waals surface area (Å²) in [6.45, 7) is 6.16. The van der Waals surface area contributed by atoms with Crippen LogP contribution in [-0.2, 0) is 0 Å². The number of hydrogen-bond acceptors (Lipinski definition) is 7. The molecule has 0 atom stereocenters. The molecule has 1 saturated heterocycles. The zero-order chi connectivity index (χ0) is 24.5. The molecule has 10 heteroatoms. The van der Waals surface area contributed by atoms with E-state index in [4.69, 9.17) is 9.72 Å². The lowest BCUT2D eigenvalue weighted by molar-refractivity contribution is 0.208. The summed E-state index contributed by atoms with van der Waals surface area (Å²) in [7, 11) is 1.58. The Kier molecular flexibility index (Phi) is 6.12. The summed E-state index contributed by atoms with van der Waals surface area (Å²) in [5, 5.41) is 8.21. The van der Waals surface area contributed by atoms with E-state index < -0.39 is 0 Å². The Hall–Kier alpha value is -3.92. The SMILES string of the molecule is COc1ccc(C)cc1NC(=O)N1CCN(c2cc(=O)n3nc(-c4ccccc4C)sc3n2)CC1. The molecule has 2 aromatic carbocycles. The molecule has 5 rings (SSSR count). The predicted molar refractivity (Wildman–Crippen MR) is 138 cm³/mol. The second-order valence-corrected chi connectivity index (χ2v) is 9.43. The highest BCUT2D eigenvalue weighted by Gasteiger charge is 2.24. The van der Waals surface area contributed by atoms with E-state index in [0.717, 1.165) is 21.7 Å². The minimum Gasteiger partial charge on any atom is -0.495 e. The van der Waals surface area contributed by atoms with Crippen LogP contribution in [0.3, 0.4) is 0 Å². The van der Waals surface area contributed by atoms with Crippen LogP contribution in [0.1, 0.15) is 11.1 Å². The highest BCUT2D eigenvalue weighted by molar-refractivity contribution is 7.19. The van der Waals surface area contributed by atoms with Crippen molar-refractivity contribution in [2.45, 2.75) is 13.8 Å². The van der Waals surface area contributed by atoms with Crippen molar-refractivity contribution in [3.63, 3.8) is 0 Å². The zero-order valence-electron chi connectivity index (χ0n) is 19.8. The second-order valence-electron chi connectivity index (χ2n) is 8.48. The number of amides is 2. The van der Waals surface area contributed by atoms with Crippen molar-refractivity contribution in [3.8, 4) is 16.3 Å². The summed E-state index contributed by atoms with van der Waals surface area (Å²) >= 11 is 1.40. The molecule has 0 saturated carbocycles. The van der Waals surface area contributed by atoms with Gasteiger partial charge in [-0.05, 0) is 37.1 Å². The first-order valence-electron chi connectivity index (χ1n) is 11.4. The molecule has 0 bridgehead atoms. The number of hydrogen-bond donors (Lipinski definition) is 1. The molecule has 35 heavy (non-hydrogen) atoms. The smallest absolute Gasteiger partial charge is 0.322 e. The molecule has 1 fully saturated rings. The van der Waals surface area contributed by atoms with Gasteiger partial charge in [0.05, 0.1) is 12.8 Å². The molecule has 2 amide bonds. The summed E-state index contributed by atoms with van der Waals surface area (Å²) in [4.78, 5) is 34.7. The number of anilines is 2. The third-order valence-corrected chi connectivity index (χ3v) is 7.04. The number of benzene rings is 2. The van der Waals surface area contributed by atoms with E-state index in [1.165, 1.54) is 21.9 Å². The van der Waals surface area contributed by atoms with Gasteiger partial charge < -0.3 is 19.9 Å². The topological polar surface area (TPSA) is 92.1 Å². The molecule has 1 aliphatic heterocycles. The molecule has 0 unspecified atom stereocenters. The molecule has 180 valence electrons. The van der Waals surface area contributed by atoms with Gasteiger partial charge in [-0.2, -0.15) is 9.61 Å². The number of aryl methyl sites for hydroxylation is 2. The third-order valence-electron chi connectivity index (χ3n) is 6.09. The maximum Gasteiger partial charge on any atom is 0.322 e. The Morgan fingerprint density at radius 1 is 1.06 bits per heavy atom. The normalized spacial score (nSPS) is 13.8. The fraction of sp³-hybridized carbons (Fsp3) is 0.280. The summed E-state index contributed by atoms with van der Waals surface area (Å²) in [6.07, 6.45) is 0. The van der Waals surface area contributed by atoms with Gasteiger partial charge in [0, 0.05) is 37.8 Å². The van der Waals surface area contributed by atoms with Crippen LogP contribution in [0.25, 0.3) is 15.5 Å². The second kappa shape index (κ2) is 9.38. The van der Waals surface area contributed by atoms with Gasteiger partial charge in [0.15, 0.2) is 0 Å². The standard InChI is InChI=1S/C25H26N6O3S/c1-16-8-9-20(34-3)19(14-16)26-24(33)30-12-10-29(11-13-30)21-15-22(32)31-25(27-21)35-23(28-31)18-7-5-4-6-17(18)2/h4-9,14-15H,10-13H2,1-3H3,(H,26,33).